The fraction of sp³-hybridized carbons (Fsp3) is 0.857. The van der Waals surface area contributed by atoms with Crippen LogP contribution in [0.15, 0.2) is 4.52 Å². The molecule has 1 unspecified atom stereocenters. The van der Waals surface area contributed by atoms with E-state index in [2.05, 4.69) is 43.2 Å². The number of hydrogen-bond acceptors (Lipinski definition) is 4. The van der Waals surface area contributed by atoms with E-state index < -0.39 is 0 Å². The summed E-state index contributed by atoms with van der Waals surface area (Å²) in [6.45, 7) is 10.9. The molecule has 0 aliphatic carbocycles. The van der Waals surface area contributed by atoms with Crippen LogP contribution in [-0.2, 0) is 11.8 Å². The Kier molecular flexibility index (Phi) is 3.76. The van der Waals surface area contributed by atoms with E-state index in [0.717, 1.165) is 44.1 Å². The molecule has 0 aromatic carbocycles. The number of nitrogens with one attached hydrogen (secondary N) is 1. The van der Waals surface area contributed by atoms with E-state index >= 15 is 0 Å². The zero-order valence-corrected chi connectivity index (χ0v) is 12.0. The van der Waals surface area contributed by atoms with Crippen LogP contribution in [-0.4, -0.2) is 23.2 Å². The third kappa shape index (κ3) is 2.91. The Bertz CT molecular complexity index is 386. The highest BCUT2D eigenvalue weighted by Crippen LogP contribution is 2.33. The average molecular weight is 251 g/mol. The first-order chi connectivity index (χ1) is 8.45. The van der Waals surface area contributed by atoms with Gasteiger partial charge in [-0.25, -0.2) is 0 Å². The molecule has 4 heteroatoms. The molecule has 1 saturated heterocycles. The Morgan fingerprint density at radius 1 is 1.39 bits per heavy atom. The Morgan fingerprint density at radius 2 is 2.17 bits per heavy atom. The second kappa shape index (κ2) is 5.00. The lowest BCUT2D eigenvalue weighted by Crippen LogP contribution is -2.43. The number of piperidine rings is 1. The van der Waals surface area contributed by atoms with Gasteiger partial charge in [-0.05, 0) is 31.2 Å². The maximum Gasteiger partial charge on any atom is 0.234 e. The summed E-state index contributed by atoms with van der Waals surface area (Å²) >= 11 is 0. The van der Waals surface area contributed by atoms with Crippen molar-refractivity contribution >= 4 is 0 Å². The van der Waals surface area contributed by atoms with Gasteiger partial charge in [0.05, 0.1) is 5.41 Å². The maximum atomic E-state index is 5.54. The molecule has 1 aliphatic rings. The van der Waals surface area contributed by atoms with Gasteiger partial charge in [-0.2, -0.15) is 4.98 Å². The van der Waals surface area contributed by atoms with Gasteiger partial charge in [0.25, 0.3) is 0 Å². The summed E-state index contributed by atoms with van der Waals surface area (Å²) in [5, 5.41) is 7.61. The Morgan fingerprint density at radius 3 is 2.72 bits per heavy atom. The van der Waals surface area contributed by atoms with Crippen molar-refractivity contribution in [2.75, 3.05) is 13.1 Å². The molecule has 4 nitrogen and oxygen atoms in total. The van der Waals surface area contributed by atoms with Crippen molar-refractivity contribution in [1.82, 2.24) is 15.5 Å². The third-order valence-electron chi connectivity index (χ3n) is 3.76. The lowest BCUT2D eigenvalue weighted by molar-refractivity contribution is 0.220. The highest BCUT2D eigenvalue weighted by molar-refractivity contribution is 5.08. The van der Waals surface area contributed by atoms with Gasteiger partial charge in [-0.3, -0.25) is 0 Å². The van der Waals surface area contributed by atoms with E-state index in [4.69, 9.17) is 4.52 Å². The molecule has 0 amide bonds. The van der Waals surface area contributed by atoms with Crippen LogP contribution < -0.4 is 5.32 Å². The molecule has 102 valence electrons. The minimum absolute atomic E-state index is 0.0569. The van der Waals surface area contributed by atoms with E-state index in [0.29, 0.717) is 0 Å². The van der Waals surface area contributed by atoms with Crippen molar-refractivity contribution in [2.45, 2.75) is 58.8 Å². The highest BCUT2D eigenvalue weighted by Gasteiger charge is 2.37. The predicted molar refractivity (Wildman–Crippen MR) is 71.5 cm³/mol. The fourth-order valence-electron chi connectivity index (χ4n) is 2.62. The van der Waals surface area contributed by atoms with Gasteiger partial charge < -0.3 is 9.84 Å². The van der Waals surface area contributed by atoms with Gasteiger partial charge in [0.1, 0.15) is 0 Å². The molecule has 0 saturated carbocycles. The molecular weight excluding hydrogens is 226 g/mol. The predicted octanol–water partition coefficient (Wildman–Crippen LogP) is 2.69. The standard InChI is InChI=1S/C14H25N3O/c1-5-14(7-6-8-15-10-14)12-16-11(17-18-12)9-13(2,3)4/h15H,5-10H2,1-4H3. The van der Waals surface area contributed by atoms with Crippen LogP contribution >= 0.6 is 0 Å². The van der Waals surface area contributed by atoms with Crippen molar-refractivity contribution in [3.63, 3.8) is 0 Å². The molecule has 18 heavy (non-hydrogen) atoms. The smallest absolute Gasteiger partial charge is 0.234 e. The van der Waals surface area contributed by atoms with Crippen molar-refractivity contribution in [3.05, 3.63) is 11.7 Å². The van der Waals surface area contributed by atoms with Crippen LogP contribution in [0, 0.1) is 5.41 Å². The van der Waals surface area contributed by atoms with Gasteiger partial charge >= 0.3 is 0 Å². The molecule has 1 fully saturated rings. The summed E-state index contributed by atoms with van der Waals surface area (Å²) in [6, 6.07) is 0. The molecule has 1 aliphatic heterocycles. The molecule has 1 N–H and O–H groups in total. The second-order valence-corrected chi connectivity index (χ2v) is 6.67. The molecule has 1 aromatic heterocycles. The maximum absolute atomic E-state index is 5.54. The highest BCUT2D eigenvalue weighted by atomic mass is 16.5. The third-order valence-corrected chi connectivity index (χ3v) is 3.76. The van der Waals surface area contributed by atoms with Crippen LogP contribution in [0.2, 0.25) is 0 Å². The number of nitrogens with zero attached hydrogens (tertiary/aromatic N) is 2. The SMILES string of the molecule is CCC1(c2nc(CC(C)(C)C)no2)CCCNC1. The normalized spacial score (nSPS) is 25.3. The lowest BCUT2D eigenvalue weighted by Gasteiger charge is -2.33. The van der Waals surface area contributed by atoms with E-state index in [1.54, 1.807) is 0 Å². The second-order valence-electron chi connectivity index (χ2n) is 6.67. The average Bonchev–Trinajstić information content (AvgIpc) is 2.76. The summed E-state index contributed by atoms with van der Waals surface area (Å²) in [5.74, 6) is 1.67. The van der Waals surface area contributed by atoms with Crippen LogP contribution in [0.25, 0.3) is 0 Å². The summed E-state index contributed by atoms with van der Waals surface area (Å²) in [6.07, 6.45) is 4.25. The van der Waals surface area contributed by atoms with E-state index in [1.165, 1.54) is 6.42 Å². The minimum Gasteiger partial charge on any atom is -0.339 e. The Hall–Kier alpha value is -0.900. The van der Waals surface area contributed by atoms with Crippen LogP contribution in [0.5, 0.6) is 0 Å². The van der Waals surface area contributed by atoms with Crippen molar-refractivity contribution in [3.8, 4) is 0 Å². The first kappa shape index (κ1) is 13.5. The molecule has 1 atom stereocenters. The van der Waals surface area contributed by atoms with Crippen molar-refractivity contribution in [1.29, 1.82) is 0 Å². The molecule has 1 aromatic rings. The summed E-state index contributed by atoms with van der Waals surface area (Å²) in [5.41, 5.74) is 0.257. The van der Waals surface area contributed by atoms with Crippen molar-refractivity contribution in [2.24, 2.45) is 5.41 Å². The topological polar surface area (TPSA) is 51.0 Å². The van der Waals surface area contributed by atoms with E-state index in [1.807, 2.05) is 0 Å². The minimum atomic E-state index is 0.0569. The first-order valence-corrected chi connectivity index (χ1v) is 6.99. The first-order valence-electron chi connectivity index (χ1n) is 6.99. The van der Waals surface area contributed by atoms with Gasteiger partial charge in [-0.1, -0.05) is 32.9 Å². The molecule has 2 rings (SSSR count). The number of aromatic nitrogens is 2. The number of rotatable bonds is 3. The summed E-state index contributed by atoms with van der Waals surface area (Å²) in [4.78, 5) is 4.64. The van der Waals surface area contributed by atoms with Crippen LogP contribution in [0.3, 0.4) is 0 Å². The van der Waals surface area contributed by atoms with Crippen LogP contribution in [0.1, 0.15) is 58.7 Å². The molecule has 0 spiro atoms. The summed E-state index contributed by atoms with van der Waals surface area (Å²) < 4.78 is 5.54. The Balaban J connectivity index is 2.17. The van der Waals surface area contributed by atoms with Crippen molar-refractivity contribution < 1.29 is 4.52 Å². The molecular formula is C14H25N3O. The molecule has 2 heterocycles. The Labute approximate surface area is 110 Å². The van der Waals surface area contributed by atoms with Gasteiger partial charge in [-0.15, -0.1) is 0 Å². The lowest BCUT2D eigenvalue weighted by atomic mass is 9.78. The summed E-state index contributed by atoms with van der Waals surface area (Å²) in [7, 11) is 0. The monoisotopic (exact) mass is 251 g/mol. The van der Waals surface area contributed by atoms with E-state index in [9.17, 15) is 0 Å². The van der Waals surface area contributed by atoms with Gasteiger partial charge in [0, 0.05) is 13.0 Å². The van der Waals surface area contributed by atoms with E-state index in [-0.39, 0.29) is 10.8 Å². The zero-order chi connectivity index (χ0) is 13.2. The quantitative estimate of drug-likeness (QED) is 0.897. The largest absolute Gasteiger partial charge is 0.339 e. The van der Waals surface area contributed by atoms with Crippen LogP contribution in [0.4, 0.5) is 0 Å². The molecule has 0 bridgehead atoms. The zero-order valence-electron chi connectivity index (χ0n) is 12.0. The fourth-order valence-corrected chi connectivity index (χ4v) is 2.62. The molecule has 0 radical (unpaired) electrons. The van der Waals surface area contributed by atoms with Gasteiger partial charge in [0.2, 0.25) is 5.89 Å². The van der Waals surface area contributed by atoms with Gasteiger partial charge in [0.15, 0.2) is 5.82 Å². The number of hydrogen-bond donors (Lipinski definition) is 1.